The first kappa shape index (κ1) is 23.1. The summed E-state index contributed by atoms with van der Waals surface area (Å²) in [7, 11) is 1.77. The third-order valence-electron chi connectivity index (χ3n) is 5.56. The number of nitrogens with one attached hydrogen (secondary N) is 2. The fourth-order valence-electron chi connectivity index (χ4n) is 3.97. The molecule has 2 heterocycles. The first-order valence-electron chi connectivity index (χ1n) is 11.2. The minimum Gasteiger partial charge on any atom is -0.368 e. The molecule has 8 heteroatoms. The second-order valence-electron chi connectivity index (χ2n) is 8.56. The molecule has 1 atom stereocenters. The van der Waals surface area contributed by atoms with Crippen LogP contribution in [0.4, 0.5) is 5.69 Å². The van der Waals surface area contributed by atoms with Gasteiger partial charge in [0.25, 0.3) is 5.91 Å². The fraction of sp³-hybridized carbons (Fsp3) is 0.609. The summed E-state index contributed by atoms with van der Waals surface area (Å²) in [6, 6.07) is 7.86. The van der Waals surface area contributed by atoms with Gasteiger partial charge in [0, 0.05) is 58.5 Å². The summed E-state index contributed by atoms with van der Waals surface area (Å²) in [5.74, 6) is 1.30. The van der Waals surface area contributed by atoms with Crippen molar-refractivity contribution in [1.29, 1.82) is 0 Å². The van der Waals surface area contributed by atoms with Crippen molar-refractivity contribution in [1.82, 2.24) is 15.1 Å². The topological polar surface area (TPSA) is 86.3 Å². The SMILES string of the molecule is CN=C(NCc1cccc(NC(=O)CC(C)C)c1)N1CCN(C(=O)C2CCCO2)CC1. The second-order valence-corrected chi connectivity index (χ2v) is 8.56. The fourth-order valence-corrected chi connectivity index (χ4v) is 3.97. The highest BCUT2D eigenvalue weighted by Crippen LogP contribution is 2.16. The molecular formula is C23H35N5O3. The van der Waals surface area contributed by atoms with Crippen LogP contribution in [0.1, 0.15) is 38.7 Å². The van der Waals surface area contributed by atoms with E-state index in [4.69, 9.17) is 4.74 Å². The lowest BCUT2D eigenvalue weighted by molar-refractivity contribution is -0.142. The molecule has 0 aromatic heterocycles. The van der Waals surface area contributed by atoms with Crippen LogP contribution in [0.5, 0.6) is 0 Å². The normalized spacial score (nSPS) is 19.6. The van der Waals surface area contributed by atoms with Crippen molar-refractivity contribution in [2.24, 2.45) is 10.9 Å². The minimum atomic E-state index is -0.253. The van der Waals surface area contributed by atoms with E-state index in [9.17, 15) is 9.59 Å². The third-order valence-corrected chi connectivity index (χ3v) is 5.56. The number of carbonyl (C=O) groups excluding carboxylic acids is 2. The number of piperazine rings is 1. The van der Waals surface area contributed by atoms with Crippen molar-refractivity contribution in [3.8, 4) is 0 Å². The van der Waals surface area contributed by atoms with Gasteiger partial charge in [-0.05, 0) is 36.5 Å². The number of ether oxygens (including phenoxy) is 1. The van der Waals surface area contributed by atoms with Gasteiger partial charge < -0.3 is 25.2 Å². The summed E-state index contributed by atoms with van der Waals surface area (Å²) in [5.41, 5.74) is 1.87. The quantitative estimate of drug-likeness (QED) is 0.534. The lowest BCUT2D eigenvalue weighted by Crippen LogP contribution is -2.55. The van der Waals surface area contributed by atoms with Crippen LogP contribution in [0.25, 0.3) is 0 Å². The molecule has 2 aliphatic rings. The van der Waals surface area contributed by atoms with Crippen LogP contribution in [0.15, 0.2) is 29.3 Å². The molecule has 2 amide bonds. The van der Waals surface area contributed by atoms with Gasteiger partial charge in [-0.1, -0.05) is 26.0 Å². The van der Waals surface area contributed by atoms with Crippen LogP contribution in [-0.2, 0) is 20.9 Å². The summed E-state index contributed by atoms with van der Waals surface area (Å²) in [6.07, 6.45) is 2.06. The van der Waals surface area contributed by atoms with E-state index in [0.29, 0.717) is 38.6 Å². The number of anilines is 1. The smallest absolute Gasteiger partial charge is 0.251 e. The molecule has 170 valence electrons. The Morgan fingerprint density at radius 2 is 1.94 bits per heavy atom. The Morgan fingerprint density at radius 3 is 2.58 bits per heavy atom. The maximum atomic E-state index is 12.5. The van der Waals surface area contributed by atoms with E-state index in [0.717, 1.165) is 43.1 Å². The summed E-state index contributed by atoms with van der Waals surface area (Å²) < 4.78 is 5.54. The number of hydrogen-bond acceptors (Lipinski definition) is 4. The molecule has 0 aliphatic carbocycles. The highest BCUT2D eigenvalue weighted by molar-refractivity contribution is 5.90. The number of rotatable bonds is 6. The molecule has 1 aromatic rings. The molecule has 0 bridgehead atoms. The number of aliphatic imine (C=N–C) groups is 1. The van der Waals surface area contributed by atoms with Gasteiger partial charge in [-0.3, -0.25) is 14.6 Å². The van der Waals surface area contributed by atoms with Crippen LogP contribution >= 0.6 is 0 Å². The van der Waals surface area contributed by atoms with E-state index in [2.05, 4.69) is 20.5 Å². The number of guanidine groups is 1. The maximum absolute atomic E-state index is 12.5. The standard InChI is InChI=1S/C23H35N5O3/c1-17(2)14-21(29)26-19-7-4-6-18(15-19)16-25-23(24-3)28-11-9-27(10-12-28)22(30)20-8-5-13-31-20/h4,6-7,15,17,20H,5,8-14,16H2,1-3H3,(H,24,25)(H,26,29). The van der Waals surface area contributed by atoms with E-state index < -0.39 is 0 Å². The van der Waals surface area contributed by atoms with Crippen molar-refractivity contribution in [2.75, 3.05) is 45.2 Å². The van der Waals surface area contributed by atoms with E-state index in [1.807, 2.05) is 43.0 Å². The van der Waals surface area contributed by atoms with E-state index in [1.165, 1.54) is 0 Å². The Hall–Kier alpha value is -2.61. The largest absolute Gasteiger partial charge is 0.368 e. The Kier molecular flexibility index (Phi) is 8.28. The van der Waals surface area contributed by atoms with Gasteiger partial charge in [0.1, 0.15) is 6.10 Å². The van der Waals surface area contributed by atoms with Gasteiger partial charge in [0.2, 0.25) is 5.91 Å². The number of hydrogen-bond donors (Lipinski definition) is 2. The highest BCUT2D eigenvalue weighted by Gasteiger charge is 2.30. The molecule has 0 radical (unpaired) electrons. The number of nitrogens with zero attached hydrogens (tertiary/aromatic N) is 3. The van der Waals surface area contributed by atoms with Crippen molar-refractivity contribution >= 4 is 23.5 Å². The molecule has 3 rings (SSSR count). The van der Waals surface area contributed by atoms with Crippen LogP contribution in [0, 0.1) is 5.92 Å². The maximum Gasteiger partial charge on any atom is 0.251 e. The molecule has 2 saturated heterocycles. The van der Waals surface area contributed by atoms with Gasteiger partial charge in [0.05, 0.1) is 0 Å². The number of amides is 2. The molecule has 1 unspecified atom stereocenters. The van der Waals surface area contributed by atoms with Crippen LogP contribution in [-0.4, -0.2) is 73.5 Å². The predicted octanol–water partition coefficient (Wildman–Crippen LogP) is 2.07. The molecule has 0 spiro atoms. The lowest BCUT2D eigenvalue weighted by atomic mass is 10.1. The average molecular weight is 430 g/mol. The first-order valence-corrected chi connectivity index (χ1v) is 11.2. The van der Waals surface area contributed by atoms with Crippen molar-refractivity contribution in [3.05, 3.63) is 29.8 Å². The monoisotopic (exact) mass is 429 g/mol. The van der Waals surface area contributed by atoms with E-state index in [-0.39, 0.29) is 17.9 Å². The zero-order valence-electron chi connectivity index (χ0n) is 18.9. The summed E-state index contributed by atoms with van der Waals surface area (Å²) in [5, 5.41) is 6.36. The molecule has 2 fully saturated rings. The zero-order valence-corrected chi connectivity index (χ0v) is 18.9. The molecule has 2 N–H and O–H groups in total. The van der Waals surface area contributed by atoms with Gasteiger partial charge in [-0.15, -0.1) is 0 Å². The lowest BCUT2D eigenvalue weighted by Gasteiger charge is -2.37. The molecule has 1 aromatic carbocycles. The summed E-state index contributed by atoms with van der Waals surface area (Å²) in [4.78, 5) is 33.0. The minimum absolute atomic E-state index is 0.0336. The molecule has 2 aliphatic heterocycles. The molecule has 0 saturated carbocycles. The Morgan fingerprint density at radius 1 is 1.19 bits per heavy atom. The van der Waals surface area contributed by atoms with Crippen molar-refractivity contribution in [3.63, 3.8) is 0 Å². The Labute approximate surface area is 185 Å². The highest BCUT2D eigenvalue weighted by atomic mass is 16.5. The first-order chi connectivity index (χ1) is 15.0. The van der Waals surface area contributed by atoms with Crippen molar-refractivity contribution < 1.29 is 14.3 Å². The number of carbonyl (C=O) groups is 2. The Bertz CT molecular complexity index is 781. The Balaban J connectivity index is 1.48. The molecular weight excluding hydrogens is 394 g/mol. The van der Waals surface area contributed by atoms with E-state index >= 15 is 0 Å². The van der Waals surface area contributed by atoms with Crippen LogP contribution < -0.4 is 10.6 Å². The molecule has 8 nitrogen and oxygen atoms in total. The van der Waals surface area contributed by atoms with Crippen LogP contribution in [0.3, 0.4) is 0 Å². The van der Waals surface area contributed by atoms with Gasteiger partial charge in [-0.2, -0.15) is 0 Å². The zero-order chi connectivity index (χ0) is 22.2. The number of benzene rings is 1. The third kappa shape index (κ3) is 6.69. The average Bonchev–Trinajstić information content (AvgIpc) is 3.29. The van der Waals surface area contributed by atoms with Gasteiger partial charge in [-0.25, -0.2) is 0 Å². The second kappa shape index (κ2) is 11.1. The summed E-state index contributed by atoms with van der Waals surface area (Å²) in [6.45, 7) is 8.19. The summed E-state index contributed by atoms with van der Waals surface area (Å²) >= 11 is 0. The van der Waals surface area contributed by atoms with Crippen LogP contribution in [0.2, 0.25) is 0 Å². The van der Waals surface area contributed by atoms with Crippen molar-refractivity contribution in [2.45, 2.75) is 45.8 Å². The predicted molar refractivity (Wildman–Crippen MR) is 122 cm³/mol. The van der Waals surface area contributed by atoms with Gasteiger partial charge >= 0.3 is 0 Å². The van der Waals surface area contributed by atoms with Gasteiger partial charge in [0.15, 0.2) is 5.96 Å². The van der Waals surface area contributed by atoms with E-state index in [1.54, 1.807) is 7.05 Å². The molecule has 31 heavy (non-hydrogen) atoms.